The van der Waals surface area contributed by atoms with E-state index in [-0.39, 0.29) is 17.4 Å². The quantitative estimate of drug-likeness (QED) is 0.700. The molecule has 100 valence electrons. The highest BCUT2D eigenvalue weighted by molar-refractivity contribution is 5.02. The average molecular weight is 253 g/mol. The standard InChI is InChI=1S/C12H19N3O3/c1-9-7-15(4-5-18-9)8-10-6-11(16)14(3)12(17)13(10)2/h6,9H,4-5,7-8H2,1-3H3/t9-/m0/s1. The summed E-state index contributed by atoms with van der Waals surface area (Å²) in [5.41, 5.74) is 0.213. The molecule has 0 radical (unpaired) electrons. The van der Waals surface area contributed by atoms with Gasteiger partial charge in [0.1, 0.15) is 0 Å². The highest BCUT2D eigenvalue weighted by Gasteiger charge is 2.18. The highest BCUT2D eigenvalue weighted by Crippen LogP contribution is 2.07. The van der Waals surface area contributed by atoms with Crippen LogP contribution in [-0.4, -0.2) is 39.8 Å². The van der Waals surface area contributed by atoms with Crippen molar-refractivity contribution in [3.05, 3.63) is 32.6 Å². The monoisotopic (exact) mass is 253 g/mol. The van der Waals surface area contributed by atoms with Crippen molar-refractivity contribution >= 4 is 0 Å². The van der Waals surface area contributed by atoms with E-state index in [2.05, 4.69) is 4.90 Å². The second-order valence-electron chi connectivity index (χ2n) is 4.79. The van der Waals surface area contributed by atoms with Gasteiger partial charge in [-0.25, -0.2) is 4.79 Å². The van der Waals surface area contributed by atoms with Crippen molar-refractivity contribution in [2.75, 3.05) is 19.7 Å². The Morgan fingerprint density at radius 1 is 1.33 bits per heavy atom. The lowest BCUT2D eigenvalue weighted by atomic mass is 10.2. The van der Waals surface area contributed by atoms with Crippen LogP contribution < -0.4 is 11.2 Å². The topological polar surface area (TPSA) is 56.5 Å². The third kappa shape index (κ3) is 2.54. The van der Waals surface area contributed by atoms with Crippen LogP contribution in [-0.2, 0) is 25.4 Å². The van der Waals surface area contributed by atoms with E-state index < -0.39 is 0 Å². The van der Waals surface area contributed by atoms with Gasteiger partial charge >= 0.3 is 5.69 Å². The van der Waals surface area contributed by atoms with Gasteiger partial charge in [-0.15, -0.1) is 0 Å². The molecular weight excluding hydrogens is 234 g/mol. The zero-order valence-electron chi connectivity index (χ0n) is 11.0. The Morgan fingerprint density at radius 2 is 2.06 bits per heavy atom. The van der Waals surface area contributed by atoms with Crippen molar-refractivity contribution < 1.29 is 4.74 Å². The van der Waals surface area contributed by atoms with Crippen molar-refractivity contribution in [1.29, 1.82) is 0 Å². The molecule has 0 aliphatic carbocycles. The van der Waals surface area contributed by atoms with Gasteiger partial charge in [0.15, 0.2) is 0 Å². The predicted molar refractivity (Wildman–Crippen MR) is 67.6 cm³/mol. The SMILES string of the molecule is C[C@H]1CN(Cc2cc(=O)n(C)c(=O)n2C)CCO1. The molecule has 1 aromatic heterocycles. The number of hydrogen-bond donors (Lipinski definition) is 0. The van der Waals surface area contributed by atoms with Crippen molar-refractivity contribution in [2.45, 2.75) is 19.6 Å². The summed E-state index contributed by atoms with van der Waals surface area (Å²) in [5, 5.41) is 0. The van der Waals surface area contributed by atoms with Crippen LogP contribution in [0, 0.1) is 0 Å². The number of ether oxygens (including phenoxy) is 1. The Labute approximate surface area is 105 Å². The lowest BCUT2D eigenvalue weighted by Gasteiger charge is -2.31. The van der Waals surface area contributed by atoms with E-state index in [4.69, 9.17) is 4.74 Å². The van der Waals surface area contributed by atoms with Gasteiger partial charge < -0.3 is 4.74 Å². The number of morpholine rings is 1. The number of rotatable bonds is 2. The molecule has 0 bridgehead atoms. The van der Waals surface area contributed by atoms with Crippen molar-refractivity contribution in [1.82, 2.24) is 14.0 Å². The van der Waals surface area contributed by atoms with E-state index in [1.54, 1.807) is 7.05 Å². The van der Waals surface area contributed by atoms with E-state index in [9.17, 15) is 9.59 Å². The smallest absolute Gasteiger partial charge is 0.330 e. The first-order valence-electron chi connectivity index (χ1n) is 6.09. The third-order valence-corrected chi connectivity index (χ3v) is 3.34. The molecule has 0 N–H and O–H groups in total. The Hall–Kier alpha value is -1.40. The average Bonchev–Trinajstić information content (AvgIpc) is 2.33. The predicted octanol–water partition coefficient (Wildman–Crippen LogP) is -0.695. The fourth-order valence-corrected chi connectivity index (χ4v) is 2.19. The van der Waals surface area contributed by atoms with Crippen LogP contribution >= 0.6 is 0 Å². The number of aromatic nitrogens is 2. The molecule has 0 aromatic carbocycles. The molecule has 0 unspecified atom stereocenters. The number of hydrogen-bond acceptors (Lipinski definition) is 4. The first-order valence-corrected chi connectivity index (χ1v) is 6.09. The van der Waals surface area contributed by atoms with Gasteiger partial charge in [-0.3, -0.25) is 18.8 Å². The summed E-state index contributed by atoms with van der Waals surface area (Å²) in [5.74, 6) is 0. The minimum Gasteiger partial charge on any atom is -0.376 e. The van der Waals surface area contributed by atoms with Crippen LogP contribution in [0.1, 0.15) is 12.6 Å². The maximum atomic E-state index is 11.8. The van der Waals surface area contributed by atoms with E-state index in [0.29, 0.717) is 13.2 Å². The minimum absolute atomic E-state index is 0.197. The third-order valence-electron chi connectivity index (χ3n) is 3.34. The van der Waals surface area contributed by atoms with Crippen LogP contribution in [0.15, 0.2) is 15.7 Å². The molecule has 2 rings (SSSR count). The van der Waals surface area contributed by atoms with Crippen LogP contribution in [0.3, 0.4) is 0 Å². The second-order valence-corrected chi connectivity index (χ2v) is 4.79. The zero-order valence-corrected chi connectivity index (χ0v) is 11.0. The molecule has 1 aliphatic rings. The molecule has 6 nitrogen and oxygen atoms in total. The molecular formula is C12H19N3O3. The Kier molecular flexibility index (Phi) is 3.68. The Balaban J connectivity index is 2.24. The summed E-state index contributed by atoms with van der Waals surface area (Å²) in [6, 6.07) is 1.53. The summed E-state index contributed by atoms with van der Waals surface area (Å²) >= 11 is 0. The molecule has 1 atom stereocenters. The Bertz CT molecular complexity index is 546. The molecule has 1 aliphatic heterocycles. The summed E-state index contributed by atoms with van der Waals surface area (Å²) in [6.07, 6.45) is 0.197. The highest BCUT2D eigenvalue weighted by atomic mass is 16.5. The van der Waals surface area contributed by atoms with Gasteiger partial charge in [0.2, 0.25) is 0 Å². The van der Waals surface area contributed by atoms with E-state index in [0.717, 1.165) is 23.4 Å². The van der Waals surface area contributed by atoms with E-state index in [1.807, 2.05) is 6.92 Å². The van der Waals surface area contributed by atoms with Crippen LogP contribution in [0.2, 0.25) is 0 Å². The molecule has 0 spiro atoms. The summed E-state index contributed by atoms with van der Waals surface area (Å²) in [4.78, 5) is 25.6. The number of nitrogens with zero attached hydrogens (tertiary/aromatic N) is 3. The fourth-order valence-electron chi connectivity index (χ4n) is 2.19. The molecule has 0 saturated carbocycles. The van der Waals surface area contributed by atoms with Crippen molar-refractivity contribution in [3.63, 3.8) is 0 Å². The van der Waals surface area contributed by atoms with Gasteiger partial charge in [0.05, 0.1) is 12.7 Å². The summed E-state index contributed by atoms with van der Waals surface area (Å²) < 4.78 is 8.11. The molecule has 18 heavy (non-hydrogen) atoms. The van der Waals surface area contributed by atoms with Crippen LogP contribution in [0.4, 0.5) is 0 Å². The second kappa shape index (κ2) is 5.07. The first-order chi connectivity index (χ1) is 8.49. The van der Waals surface area contributed by atoms with Gasteiger partial charge in [-0.1, -0.05) is 0 Å². The largest absolute Gasteiger partial charge is 0.376 e. The molecule has 0 amide bonds. The maximum Gasteiger partial charge on any atom is 0.330 e. The lowest BCUT2D eigenvalue weighted by Crippen LogP contribution is -2.43. The molecule has 1 aromatic rings. The molecule has 2 heterocycles. The minimum atomic E-state index is -0.279. The molecule has 1 fully saturated rings. The normalized spacial score (nSPS) is 21.2. The first kappa shape index (κ1) is 13.0. The maximum absolute atomic E-state index is 11.8. The van der Waals surface area contributed by atoms with Crippen molar-refractivity contribution in [3.8, 4) is 0 Å². The van der Waals surface area contributed by atoms with Crippen LogP contribution in [0.25, 0.3) is 0 Å². The Morgan fingerprint density at radius 3 is 2.72 bits per heavy atom. The summed E-state index contributed by atoms with van der Waals surface area (Å²) in [7, 11) is 3.19. The van der Waals surface area contributed by atoms with Gasteiger partial charge in [0.25, 0.3) is 5.56 Å². The van der Waals surface area contributed by atoms with Gasteiger partial charge in [-0.2, -0.15) is 0 Å². The van der Waals surface area contributed by atoms with Gasteiger partial charge in [0, 0.05) is 45.5 Å². The van der Waals surface area contributed by atoms with Crippen molar-refractivity contribution in [2.24, 2.45) is 14.1 Å². The molecule has 6 heteroatoms. The van der Waals surface area contributed by atoms with Crippen LogP contribution in [0.5, 0.6) is 0 Å². The van der Waals surface area contributed by atoms with E-state index >= 15 is 0 Å². The summed E-state index contributed by atoms with van der Waals surface area (Å²) in [6.45, 7) is 4.97. The zero-order chi connectivity index (χ0) is 13.3. The fraction of sp³-hybridized carbons (Fsp3) is 0.667. The lowest BCUT2D eigenvalue weighted by molar-refractivity contribution is -0.0219. The molecule has 1 saturated heterocycles. The van der Waals surface area contributed by atoms with E-state index in [1.165, 1.54) is 17.7 Å². The van der Waals surface area contributed by atoms with Gasteiger partial charge in [-0.05, 0) is 6.92 Å².